The molecule has 1 aromatic carbocycles. The average Bonchev–Trinajstić information content (AvgIpc) is 2.58. The molecule has 1 aromatic heterocycles. The van der Waals surface area contributed by atoms with Gasteiger partial charge in [0.05, 0.1) is 15.1 Å². The van der Waals surface area contributed by atoms with Crippen LogP contribution in [0.2, 0.25) is 0 Å². The van der Waals surface area contributed by atoms with Gasteiger partial charge < -0.3 is 0 Å². The maximum atomic E-state index is 10.6. The Morgan fingerprint density at radius 1 is 1.38 bits per heavy atom. The summed E-state index contributed by atoms with van der Waals surface area (Å²) in [5, 5.41) is 10.9. The van der Waals surface area contributed by atoms with Gasteiger partial charge in [0, 0.05) is 12.1 Å². The second-order valence-corrected chi connectivity index (χ2v) is 6.24. The maximum absolute atomic E-state index is 10.6. The summed E-state index contributed by atoms with van der Waals surface area (Å²) in [6.07, 6.45) is 0. The van der Waals surface area contributed by atoms with Crippen molar-refractivity contribution >= 4 is 62.0 Å². The lowest BCUT2D eigenvalue weighted by Crippen LogP contribution is -1.97. The van der Waals surface area contributed by atoms with Gasteiger partial charge in [-0.15, -0.1) is 11.3 Å². The second kappa shape index (κ2) is 4.00. The Balaban J connectivity index is 2.59. The quantitative estimate of drug-likeness (QED) is 0.453. The van der Waals surface area contributed by atoms with E-state index >= 15 is 0 Å². The Morgan fingerprint density at radius 2 is 2.06 bits per heavy atom. The van der Waals surface area contributed by atoms with Gasteiger partial charge in [-0.25, -0.2) is 4.98 Å². The minimum atomic E-state index is -1.60. The molecule has 0 radical (unpaired) electrons. The third-order valence-corrected chi connectivity index (χ3v) is 3.84. The molecule has 0 bridgehead atoms. The molecule has 0 aliphatic heterocycles. The zero-order chi connectivity index (χ0) is 11.9. The molecule has 0 aliphatic carbocycles. The summed E-state index contributed by atoms with van der Waals surface area (Å²) in [5.41, 5.74) is 0.573. The molecular formula is C8H3Cl3N2O2S. The number of halogens is 3. The average molecular weight is 298 g/mol. The van der Waals surface area contributed by atoms with Crippen molar-refractivity contribution in [2.24, 2.45) is 0 Å². The molecular weight excluding hydrogens is 295 g/mol. The van der Waals surface area contributed by atoms with Gasteiger partial charge in [0.1, 0.15) is 5.01 Å². The van der Waals surface area contributed by atoms with Crippen LogP contribution in [0.15, 0.2) is 18.2 Å². The summed E-state index contributed by atoms with van der Waals surface area (Å²) in [7, 11) is 0. The normalized spacial score (nSPS) is 11.9. The van der Waals surface area contributed by atoms with Crippen molar-refractivity contribution in [2.45, 2.75) is 3.79 Å². The molecule has 0 fully saturated rings. The largest absolute Gasteiger partial charge is 0.270 e. The van der Waals surface area contributed by atoms with Crippen LogP contribution in [0.5, 0.6) is 0 Å². The Morgan fingerprint density at radius 3 is 2.62 bits per heavy atom. The molecule has 84 valence electrons. The van der Waals surface area contributed by atoms with Crippen LogP contribution in [0.1, 0.15) is 5.01 Å². The number of fused-ring (bicyclic) bond motifs is 1. The number of alkyl halides is 3. The van der Waals surface area contributed by atoms with Gasteiger partial charge in [-0.3, -0.25) is 10.1 Å². The van der Waals surface area contributed by atoms with Crippen molar-refractivity contribution in [3.63, 3.8) is 0 Å². The van der Waals surface area contributed by atoms with Crippen LogP contribution in [0.3, 0.4) is 0 Å². The number of aromatic nitrogens is 1. The van der Waals surface area contributed by atoms with Crippen molar-refractivity contribution in [2.75, 3.05) is 0 Å². The van der Waals surface area contributed by atoms with E-state index in [-0.39, 0.29) is 5.69 Å². The molecule has 0 spiro atoms. The van der Waals surface area contributed by atoms with Crippen molar-refractivity contribution in [1.82, 2.24) is 4.98 Å². The topological polar surface area (TPSA) is 56.0 Å². The third kappa shape index (κ3) is 2.22. The van der Waals surface area contributed by atoms with Gasteiger partial charge in [-0.05, 0) is 6.07 Å². The van der Waals surface area contributed by atoms with Gasteiger partial charge in [-0.2, -0.15) is 0 Å². The second-order valence-electron chi connectivity index (χ2n) is 2.93. The molecule has 2 rings (SSSR count). The highest BCUT2D eigenvalue weighted by Crippen LogP contribution is 2.42. The molecule has 16 heavy (non-hydrogen) atoms. The van der Waals surface area contributed by atoms with Crippen LogP contribution in [-0.4, -0.2) is 9.91 Å². The molecule has 0 atom stereocenters. The molecule has 8 heteroatoms. The van der Waals surface area contributed by atoms with Gasteiger partial charge in [0.15, 0.2) is 0 Å². The van der Waals surface area contributed by atoms with E-state index in [4.69, 9.17) is 34.8 Å². The lowest BCUT2D eigenvalue weighted by atomic mass is 10.3. The van der Waals surface area contributed by atoms with E-state index in [1.165, 1.54) is 18.2 Å². The number of nitrogens with zero attached hydrogens (tertiary/aromatic N) is 2. The van der Waals surface area contributed by atoms with Gasteiger partial charge >= 0.3 is 0 Å². The summed E-state index contributed by atoms with van der Waals surface area (Å²) in [5.74, 6) is 0. The number of non-ortho nitro benzene ring substituents is 1. The van der Waals surface area contributed by atoms with E-state index < -0.39 is 8.72 Å². The lowest BCUT2D eigenvalue weighted by Gasteiger charge is -2.03. The van der Waals surface area contributed by atoms with Gasteiger partial charge in [0.25, 0.3) is 5.69 Å². The van der Waals surface area contributed by atoms with Crippen molar-refractivity contribution < 1.29 is 4.92 Å². The number of nitro groups is 1. The van der Waals surface area contributed by atoms with Crippen molar-refractivity contribution in [3.05, 3.63) is 33.3 Å². The number of nitro benzene ring substituents is 1. The summed E-state index contributed by atoms with van der Waals surface area (Å²) < 4.78 is -0.978. The van der Waals surface area contributed by atoms with Crippen LogP contribution in [0.4, 0.5) is 5.69 Å². The SMILES string of the molecule is O=[N+]([O-])c1ccc2nc(C(Cl)(Cl)Cl)sc2c1. The standard InChI is InChI=1S/C8H3Cl3N2O2S/c9-8(10,11)7-12-5-2-1-4(13(14)15)3-6(5)16-7/h1-3H. The van der Waals surface area contributed by atoms with E-state index in [0.29, 0.717) is 15.2 Å². The minimum absolute atomic E-state index is 0.00739. The fraction of sp³-hybridized carbons (Fsp3) is 0.125. The maximum Gasteiger partial charge on any atom is 0.270 e. The monoisotopic (exact) mass is 296 g/mol. The smallest absolute Gasteiger partial charge is 0.258 e. The lowest BCUT2D eigenvalue weighted by molar-refractivity contribution is -0.384. The minimum Gasteiger partial charge on any atom is -0.258 e. The first-order chi connectivity index (χ1) is 7.38. The van der Waals surface area contributed by atoms with Crippen LogP contribution in [-0.2, 0) is 3.79 Å². The summed E-state index contributed by atoms with van der Waals surface area (Å²) in [6, 6.07) is 4.31. The molecule has 1 heterocycles. The predicted octanol–water partition coefficient (Wildman–Crippen LogP) is 4.03. The van der Waals surface area contributed by atoms with Gasteiger partial charge in [-0.1, -0.05) is 34.8 Å². The first-order valence-electron chi connectivity index (χ1n) is 4.00. The molecule has 0 unspecified atom stereocenters. The molecule has 2 aromatic rings. The van der Waals surface area contributed by atoms with E-state index in [1.54, 1.807) is 0 Å². The number of benzene rings is 1. The highest BCUT2D eigenvalue weighted by atomic mass is 35.6. The van der Waals surface area contributed by atoms with Crippen LogP contribution in [0, 0.1) is 10.1 Å². The van der Waals surface area contributed by atoms with Crippen LogP contribution >= 0.6 is 46.1 Å². The molecule has 0 saturated heterocycles. The van der Waals surface area contributed by atoms with Crippen molar-refractivity contribution in [1.29, 1.82) is 0 Å². The molecule has 4 nitrogen and oxygen atoms in total. The number of thiazole rings is 1. The van der Waals surface area contributed by atoms with E-state index in [1.807, 2.05) is 0 Å². The van der Waals surface area contributed by atoms with Gasteiger partial charge in [0.2, 0.25) is 3.79 Å². The molecule has 0 aliphatic rings. The Bertz CT molecular complexity index is 564. The van der Waals surface area contributed by atoms with Crippen molar-refractivity contribution in [3.8, 4) is 0 Å². The molecule has 0 saturated carbocycles. The number of rotatable bonds is 1. The first-order valence-corrected chi connectivity index (χ1v) is 5.95. The highest BCUT2D eigenvalue weighted by molar-refractivity contribution is 7.19. The Labute approximate surface area is 109 Å². The Hall–Kier alpha value is -0.620. The third-order valence-electron chi connectivity index (χ3n) is 1.83. The van der Waals surface area contributed by atoms with E-state index in [2.05, 4.69) is 4.98 Å². The summed E-state index contributed by atoms with van der Waals surface area (Å²) >= 11 is 18.2. The first kappa shape index (κ1) is 11.9. The zero-order valence-corrected chi connectivity index (χ0v) is 10.6. The predicted molar refractivity (Wildman–Crippen MR) is 65.5 cm³/mol. The number of hydrogen-bond acceptors (Lipinski definition) is 4. The summed E-state index contributed by atoms with van der Waals surface area (Å²) in [6.45, 7) is 0. The molecule has 0 N–H and O–H groups in total. The highest BCUT2D eigenvalue weighted by Gasteiger charge is 2.27. The fourth-order valence-corrected chi connectivity index (χ4v) is 2.49. The summed E-state index contributed by atoms with van der Waals surface area (Å²) in [4.78, 5) is 14.2. The Kier molecular flexibility index (Phi) is 2.96. The van der Waals surface area contributed by atoms with Crippen LogP contribution < -0.4 is 0 Å². The van der Waals surface area contributed by atoms with E-state index in [9.17, 15) is 10.1 Å². The zero-order valence-electron chi connectivity index (χ0n) is 7.49. The fourth-order valence-electron chi connectivity index (χ4n) is 1.15. The van der Waals surface area contributed by atoms with E-state index in [0.717, 1.165) is 11.3 Å². The van der Waals surface area contributed by atoms with Crippen LogP contribution in [0.25, 0.3) is 10.2 Å². The number of hydrogen-bond donors (Lipinski definition) is 0. The molecule has 0 amide bonds.